The Morgan fingerprint density at radius 1 is 1.17 bits per heavy atom. The normalized spacial score (nSPS) is 24.7. The highest BCUT2D eigenvalue weighted by Crippen LogP contribution is 2.53. The summed E-state index contributed by atoms with van der Waals surface area (Å²) in [6, 6.07) is 12.2. The van der Waals surface area contributed by atoms with Crippen LogP contribution in [0.4, 0.5) is 5.69 Å². The van der Waals surface area contributed by atoms with Crippen LogP contribution in [-0.2, 0) is 0 Å². The molecule has 1 N–H and O–H groups in total. The molecule has 0 amide bonds. The van der Waals surface area contributed by atoms with Gasteiger partial charge >= 0.3 is 0 Å². The molecule has 0 spiro atoms. The van der Waals surface area contributed by atoms with Crippen LogP contribution in [0, 0.1) is 5.92 Å². The molecular weight excluding hydrogens is 329 g/mol. The summed E-state index contributed by atoms with van der Waals surface area (Å²) >= 11 is 12.7. The molecule has 2 aliphatic rings. The molecule has 3 atom stereocenters. The molecule has 2 nitrogen and oxygen atoms in total. The Morgan fingerprint density at radius 2 is 2.00 bits per heavy atom. The number of halogens is 2. The second kappa shape index (κ2) is 5.77. The fourth-order valence-corrected chi connectivity index (χ4v) is 4.49. The van der Waals surface area contributed by atoms with E-state index in [1.165, 1.54) is 5.56 Å². The average molecular weight is 346 g/mol. The van der Waals surface area contributed by atoms with Gasteiger partial charge in [0.05, 0.1) is 13.2 Å². The van der Waals surface area contributed by atoms with Crippen molar-refractivity contribution >= 4 is 28.9 Å². The van der Waals surface area contributed by atoms with Crippen LogP contribution in [-0.4, -0.2) is 7.11 Å². The number of rotatable bonds is 2. The van der Waals surface area contributed by atoms with Crippen LogP contribution in [0.2, 0.25) is 10.0 Å². The van der Waals surface area contributed by atoms with Gasteiger partial charge in [0.2, 0.25) is 0 Å². The summed E-state index contributed by atoms with van der Waals surface area (Å²) in [6.45, 7) is 0. The molecule has 0 fully saturated rings. The minimum absolute atomic E-state index is 0.174. The summed E-state index contributed by atoms with van der Waals surface area (Å²) in [5.41, 5.74) is 3.35. The lowest BCUT2D eigenvalue weighted by Crippen LogP contribution is -2.29. The molecule has 118 valence electrons. The molecule has 0 unspecified atom stereocenters. The summed E-state index contributed by atoms with van der Waals surface area (Å²) in [5.74, 6) is 1.65. The molecule has 0 bridgehead atoms. The Morgan fingerprint density at radius 3 is 2.83 bits per heavy atom. The van der Waals surface area contributed by atoms with Gasteiger partial charge in [-0.1, -0.05) is 53.6 Å². The first-order valence-electron chi connectivity index (χ1n) is 7.74. The van der Waals surface area contributed by atoms with E-state index in [0.717, 1.165) is 28.4 Å². The second-order valence-electron chi connectivity index (χ2n) is 6.07. The van der Waals surface area contributed by atoms with Crippen molar-refractivity contribution in [3.63, 3.8) is 0 Å². The van der Waals surface area contributed by atoms with Crippen molar-refractivity contribution in [2.45, 2.75) is 18.4 Å². The standard InChI is InChI=1S/C19H17Cl2NO/c1-23-17-8-3-2-5-14(17)19-13-7-4-6-12(13)18-15(21)9-11(20)10-16(18)22-19/h2-6,8-10,12-13,19,22H,7H2,1H3/t12-,13-,19+/m0/s1. The molecule has 1 aliphatic carbocycles. The summed E-state index contributed by atoms with van der Waals surface area (Å²) in [6.07, 6.45) is 5.55. The molecule has 4 heteroatoms. The van der Waals surface area contributed by atoms with Gasteiger partial charge in [0.1, 0.15) is 5.75 Å². The van der Waals surface area contributed by atoms with Gasteiger partial charge in [-0.25, -0.2) is 0 Å². The molecular formula is C19H17Cl2NO. The van der Waals surface area contributed by atoms with E-state index >= 15 is 0 Å². The number of hydrogen-bond donors (Lipinski definition) is 1. The summed E-state index contributed by atoms with van der Waals surface area (Å²) in [7, 11) is 1.72. The molecule has 0 saturated heterocycles. The Bertz CT molecular complexity index is 787. The number of nitrogens with one attached hydrogen (secondary N) is 1. The predicted molar refractivity (Wildman–Crippen MR) is 95.8 cm³/mol. The number of para-hydroxylation sites is 1. The number of benzene rings is 2. The number of hydrogen-bond acceptors (Lipinski definition) is 2. The number of anilines is 1. The highest BCUT2D eigenvalue weighted by Gasteiger charge is 2.40. The molecule has 1 aliphatic heterocycles. The number of fused-ring (bicyclic) bond motifs is 3. The maximum atomic E-state index is 6.48. The number of ether oxygens (including phenoxy) is 1. The van der Waals surface area contributed by atoms with Crippen LogP contribution in [0.3, 0.4) is 0 Å². The van der Waals surface area contributed by atoms with E-state index < -0.39 is 0 Å². The van der Waals surface area contributed by atoms with Crippen molar-refractivity contribution in [2.24, 2.45) is 5.92 Å². The van der Waals surface area contributed by atoms with Crippen molar-refractivity contribution in [2.75, 3.05) is 12.4 Å². The molecule has 0 aromatic heterocycles. The van der Waals surface area contributed by atoms with Crippen LogP contribution >= 0.6 is 23.2 Å². The quantitative estimate of drug-likeness (QED) is 0.691. The topological polar surface area (TPSA) is 21.3 Å². The minimum atomic E-state index is 0.174. The Balaban J connectivity index is 1.85. The minimum Gasteiger partial charge on any atom is -0.496 e. The maximum Gasteiger partial charge on any atom is 0.124 e. The fourth-order valence-electron chi connectivity index (χ4n) is 3.87. The fraction of sp³-hybridized carbons (Fsp3) is 0.263. The molecule has 2 aromatic carbocycles. The highest BCUT2D eigenvalue weighted by molar-refractivity contribution is 6.35. The van der Waals surface area contributed by atoms with E-state index in [4.69, 9.17) is 27.9 Å². The van der Waals surface area contributed by atoms with Gasteiger partial charge in [0.15, 0.2) is 0 Å². The first-order valence-corrected chi connectivity index (χ1v) is 8.49. The van der Waals surface area contributed by atoms with Crippen molar-refractivity contribution in [1.82, 2.24) is 0 Å². The van der Waals surface area contributed by atoms with Crippen LogP contribution in [0.25, 0.3) is 0 Å². The molecule has 4 rings (SSSR count). The van der Waals surface area contributed by atoms with Gasteiger partial charge in [-0.3, -0.25) is 0 Å². The van der Waals surface area contributed by atoms with Crippen LogP contribution in [0.1, 0.15) is 29.5 Å². The Labute approximate surface area is 146 Å². The van der Waals surface area contributed by atoms with Crippen molar-refractivity contribution in [3.05, 3.63) is 69.7 Å². The zero-order valence-electron chi connectivity index (χ0n) is 12.7. The molecule has 1 heterocycles. The third-order valence-electron chi connectivity index (χ3n) is 4.85. The zero-order chi connectivity index (χ0) is 16.0. The number of methoxy groups -OCH3 is 1. The largest absolute Gasteiger partial charge is 0.496 e. The first-order chi connectivity index (χ1) is 11.2. The average Bonchev–Trinajstić information content (AvgIpc) is 3.02. The van der Waals surface area contributed by atoms with Crippen molar-refractivity contribution in [3.8, 4) is 5.75 Å². The predicted octanol–water partition coefficient (Wildman–Crippen LogP) is 5.83. The summed E-state index contributed by atoms with van der Waals surface area (Å²) < 4.78 is 5.57. The summed E-state index contributed by atoms with van der Waals surface area (Å²) in [4.78, 5) is 0. The second-order valence-corrected chi connectivity index (χ2v) is 6.91. The van der Waals surface area contributed by atoms with Gasteiger partial charge in [-0.05, 0) is 30.5 Å². The first kappa shape index (κ1) is 14.9. The third-order valence-corrected chi connectivity index (χ3v) is 5.38. The van der Waals surface area contributed by atoms with E-state index in [-0.39, 0.29) is 6.04 Å². The maximum absolute atomic E-state index is 6.48. The van der Waals surface area contributed by atoms with Gasteiger partial charge in [0.25, 0.3) is 0 Å². The zero-order valence-corrected chi connectivity index (χ0v) is 14.2. The van der Waals surface area contributed by atoms with Crippen LogP contribution < -0.4 is 10.1 Å². The third kappa shape index (κ3) is 2.41. The van der Waals surface area contributed by atoms with E-state index in [1.54, 1.807) is 7.11 Å². The smallest absolute Gasteiger partial charge is 0.124 e. The molecule has 23 heavy (non-hydrogen) atoms. The SMILES string of the molecule is COc1ccccc1[C@@H]1Nc2cc(Cl)cc(Cl)c2[C@H]2C=CC[C@@H]21. The summed E-state index contributed by atoms with van der Waals surface area (Å²) in [5, 5.41) is 5.04. The van der Waals surface area contributed by atoms with E-state index in [2.05, 4.69) is 29.6 Å². The molecule has 0 saturated carbocycles. The molecule has 0 radical (unpaired) electrons. The lowest BCUT2D eigenvalue weighted by molar-refractivity contribution is 0.381. The lowest BCUT2D eigenvalue weighted by atomic mass is 9.77. The van der Waals surface area contributed by atoms with E-state index in [9.17, 15) is 0 Å². The molecule has 2 aromatic rings. The van der Waals surface area contributed by atoms with Crippen molar-refractivity contribution < 1.29 is 4.74 Å². The van der Waals surface area contributed by atoms with Gasteiger partial charge in [0, 0.05) is 32.8 Å². The number of allylic oxidation sites excluding steroid dienone is 2. The van der Waals surface area contributed by atoms with E-state index in [0.29, 0.717) is 16.9 Å². The van der Waals surface area contributed by atoms with Crippen molar-refractivity contribution in [1.29, 1.82) is 0 Å². The van der Waals surface area contributed by atoms with Crippen LogP contribution in [0.15, 0.2) is 48.6 Å². The highest BCUT2D eigenvalue weighted by atomic mass is 35.5. The van der Waals surface area contributed by atoms with Gasteiger partial charge in [-0.15, -0.1) is 0 Å². The van der Waals surface area contributed by atoms with Gasteiger partial charge in [-0.2, -0.15) is 0 Å². The van der Waals surface area contributed by atoms with Crippen LogP contribution in [0.5, 0.6) is 5.75 Å². The lowest BCUT2D eigenvalue weighted by Gasteiger charge is -2.38. The Hall–Kier alpha value is -1.64. The monoisotopic (exact) mass is 345 g/mol. The van der Waals surface area contributed by atoms with E-state index in [1.807, 2.05) is 24.3 Å². The Kier molecular flexibility index (Phi) is 3.74. The van der Waals surface area contributed by atoms with Gasteiger partial charge < -0.3 is 10.1 Å².